The van der Waals surface area contributed by atoms with Gasteiger partial charge in [0.25, 0.3) is 11.8 Å². The number of halogens is 1. The van der Waals surface area contributed by atoms with Gasteiger partial charge >= 0.3 is 6.09 Å². The molecule has 11 heteroatoms. The van der Waals surface area contributed by atoms with E-state index in [2.05, 4.69) is 20.5 Å². The Balaban J connectivity index is 1.32. The van der Waals surface area contributed by atoms with Crippen molar-refractivity contribution in [1.82, 2.24) is 9.88 Å². The fraction of sp³-hybridized carbons (Fsp3) is 0.394. The lowest BCUT2D eigenvalue weighted by Crippen LogP contribution is -2.44. The molecule has 0 atom stereocenters. The van der Waals surface area contributed by atoms with E-state index in [9.17, 15) is 14.4 Å². The van der Waals surface area contributed by atoms with Crippen molar-refractivity contribution in [3.05, 3.63) is 76.9 Å². The summed E-state index contributed by atoms with van der Waals surface area (Å²) in [4.78, 5) is 47.5. The van der Waals surface area contributed by atoms with Gasteiger partial charge in [0, 0.05) is 57.0 Å². The molecule has 3 amide bonds. The number of anilines is 3. The summed E-state index contributed by atoms with van der Waals surface area (Å²) >= 11 is 5.91. The largest absolute Gasteiger partial charge is 0.489 e. The summed E-state index contributed by atoms with van der Waals surface area (Å²) < 4.78 is 12.0. The van der Waals surface area contributed by atoms with Gasteiger partial charge < -0.3 is 29.9 Å². The van der Waals surface area contributed by atoms with Crippen molar-refractivity contribution in [2.24, 2.45) is 0 Å². The number of rotatable bonds is 7. The number of likely N-dealkylation sites (tertiary alicyclic amines) is 1. The first-order valence-corrected chi connectivity index (χ1v) is 15.3. The van der Waals surface area contributed by atoms with Gasteiger partial charge in [-0.25, -0.2) is 9.78 Å². The van der Waals surface area contributed by atoms with Crippen LogP contribution in [0.1, 0.15) is 67.2 Å². The van der Waals surface area contributed by atoms with Gasteiger partial charge in [0.05, 0.1) is 21.8 Å². The maximum Gasteiger partial charge on any atom is 0.410 e. The van der Waals surface area contributed by atoms with Crippen molar-refractivity contribution in [3.63, 3.8) is 0 Å². The number of nitrogens with one attached hydrogen (secondary N) is 2. The Hall–Kier alpha value is -4.31. The van der Waals surface area contributed by atoms with E-state index in [1.807, 2.05) is 32.9 Å². The molecule has 232 valence electrons. The number of hydrogen-bond donors (Lipinski definition) is 2. The number of para-hydroxylation sites is 1. The summed E-state index contributed by atoms with van der Waals surface area (Å²) in [6.45, 7) is 8.44. The number of ether oxygens (including phenoxy) is 2. The number of amides is 3. The molecule has 0 aliphatic carbocycles. The van der Waals surface area contributed by atoms with Crippen LogP contribution in [0.5, 0.6) is 5.75 Å². The molecule has 3 aromatic rings. The first kappa shape index (κ1) is 31.1. The molecule has 3 heterocycles. The molecule has 2 aliphatic rings. The third-order valence-electron chi connectivity index (χ3n) is 7.46. The summed E-state index contributed by atoms with van der Waals surface area (Å²) in [5, 5.41) is 6.10. The normalized spacial score (nSPS) is 15.5. The number of carbonyl (C=O) groups excluding carboxylic acids is 3. The minimum absolute atomic E-state index is 0.181. The highest BCUT2D eigenvalue weighted by Crippen LogP contribution is 2.32. The standard InChI is InChI=1S/C33H38ClN5O5/c1-33(2,3)44-32(42)39-18-14-24(15-19-39)43-28-20-23(38-16-6-7-17-38)11-12-26(28)31(41)36-27-9-5-4-8-25(27)30(40)37-29-13-10-22(34)21-35-29/h4-5,8-13,20-21,24H,6-7,14-19H2,1-3H3,(H,36,41)(H,35,37,40). The van der Waals surface area contributed by atoms with Gasteiger partial charge in [-0.2, -0.15) is 0 Å². The first-order valence-electron chi connectivity index (χ1n) is 14.9. The van der Waals surface area contributed by atoms with Crippen molar-refractivity contribution in [3.8, 4) is 5.75 Å². The molecule has 0 saturated carbocycles. The van der Waals surface area contributed by atoms with E-state index in [4.69, 9.17) is 21.1 Å². The lowest BCUT2D eigenvalue weighted by Gasteiger charge is -2.34. The van der Waals surface area contributed by atoms with Crippen molar-refractivity contribution >= 4 is 46.7 Å². The molecule has 0 spiro atoms. The number of carbonyl (C=O) groups is 3. The second kappa shape index (κ2) is 13.5. The summed E-state index contributed by atoms with van der Waals surface area (Å²) in [5.74, 6) is -0.0151. The van der Waals surface area contributed by atoms with E-state index >= 15 is 0 Å². The van der Waals surface area contributed by atoms with Crippen LogP contribution in [0.4, 0.5) is 22.0 Å². The highest BCUT2D eigenvalue weighted by molar-refractivity contribution is 6.30. The lowest BCUT2D eigenvalue weighted by atomic mass is 10.1. The molecule has 2 aromatic carbocycles. The van der Waals surface area contributed by atoms with Crippen LogP contribution in [-0.2, 0) is 4.74 Å². The Bertz CT molecular complexity index is 1490. The Kier molecular flexibility index (Phi) is 9.58. The van der Waals surface area contributed by atoms with Gasteiger partial charge in [-0.3, -0.25) is 9.59 Å². The van der Waals surface area contributed by atoms with Gasteiger partial charge in [-0.15, -0.1) is 0 Å². The zero-order valence-electron chi connectivity index (χ0n) is 25.3. The van der Waals surface area contributed by atoms with Gasteiger partial charge in [0.2, 0.25) is 0 Å². The molecule has 5 rings (SSSR count). The number of piperidine rings is 1. The molecule has 10 nitrogen and oxygen atoms in total. The van der Waals surface area contributed by atoms with Crippen LogP contribution in [0.3, 0.4) is 0 Å². The highest BCUT2D eigenvalue weighted by atomic mass is 35.5. The molecule has 2 aliphatic heterocycles. The molecule has 1 aromatic heterocycles. The summed E-state index contributed by atoms with van der Waals surface area (Å²) in [6.07, 6.45) is 4.38. The third-order valence-corrected chi connectivity index (χ3v) is 7.68. The van der Waals surface area contributed by atoms with Crippen LogP contribution in [0.2, 0.25) is 5.02 Å². The van der Waals surface area contributed by atoms with E-state index in [0.29, 0.717) is 53.8 Å². The summed E-state index contributed by atoms with van der Waals surface area (Å²) in [5.41, 5.74) is 1.43. The smallest absolute Gasteiger partial charge is 0.410 e. The molecule has 2 N–H and O–H groups in total. The second-order valence-corrected chi connectivity index (χ2v) is 12.4. The maximum absolute atomic E-state index is 13.7. The number of nitrogens with zero attached hydrogens (tertiary/aromatic N) is 3. The minimum atomic E-state index is -0.561. The quantitative estimate of drug-likeness (QED) is 0.306. The molecule has 44 heavy (non-hydrogen) atoms. The van der Waals surface area contributed by atoms with Gasteiger partial charge in [0.1, 0.15) is 23.3 Å². The zero-order chi connectivity index (χ0) is 31.3. The molecular weight excluding hydrogens is 582 g/mol. The molecule has 2 fully saturated rings. The average molecular weight is 620 g/mol. The third kappa shape index (κ3) is 7.99. The van der Waals surface area contributed by atoms with E-state index in [-0.39, 0.29) is 17.8 Å². The van der Waals surface area contributed by atoms with Crippen LogP contribution in [-0.4, -0.2) is 65.7 Å². The predicted octanol–water partition coefficient (Wildman–Crippen LogP) is 6.62. The van der Waals surface area contributed by atoms with Crippen LogP contribution in [0.25, 0.3) is 0 Å². The van der Waals surface area contributed by atoms with Crippen molar-refractivity contribution < 1.29 is 23.9 Å². The van der Waals surface area contributed by atoms with Crippen LogP contribution < -0.4 is 20.3 Å². The van der Waals surface area contributed by atoms with E-state index < -0.39 is 17.4 Å². The Labute approximate surface area is 262 Å². The molecule has 0 bridgehead atoms. The van der Waals surface area contributed by atoms with Crippen molar-refractivity contribution in [2.45, 2.75) is 58.2 Å². The molecule has 0 radical (unpaired) electrons. The van der Waals surface area contributed by atoms with Gasteiger partial charge in [-0.1, -0.05) is 23.7 Å². The molecule has 2 saturated heterocycles. The van der Waals surface area contributed by atoms with Crippen LogP contribution >= 0.6 is 11.6 Å². The lowest BCUT2D eigenvalue weighted by molar-refractivity contribution is 0.0126. The summed E-state index contributed by atoms with van der Waals surface area (Å²) in [7, 11) is 0. The monoisotopic (exact) mass is 619 g/mol. The van der Waals surface area contributed by atoms with E-state index in [0.717, 1.165) is 31.6 Å². The minimum Gasteiger partial charge on any atom is -0.489 e. The first-order chi connectivity index (χ1) is 21.1. The SMILES string of the molecule is CC(C)(C)OC(=O)N1CCC(Oc2cc(N3CCCC3)ccc2C(=O)Nc2ccccc2C(=O)Nc2ccc(Cl)cn2)CC1. The summed E-state index contributed by atoms with van der Waals surface area (Å²) in [6, 6.07) is 15.6. The second-order valence-electron chi connectivity index (χ2n) is 12.0. The van der Waals surface area contributed by atoms with Crippen LogP contribution in [0, 0.1) is 0 Å². The van der Waals surface area contributed by atoms with E-state index in [1.54, 1.807) is 47.4 Å². The Morgan fingerprint density at radius 1 is 0.886 bits per heavy atom. The fourth-order valence-electron chi connectivity index (χ4n) is 5.24. The Morgan fingerprint density at radius 2 is 1.59 bits per heavy atom. The Morgan fingerprint density at radius 3 is 2.27 bits per heavy atom. The van der Waals surface area contributed by atoms with Gasteiger partial charge in [0.15, 0.2) is 0 Å². The van der Waals surface area contributed by atoms with Crippen molar-refractivity contribution in [1.29, 1.82) is 0 Å². The van der Waals surface area contributed by atoms with E-state index in [1.165, 1.54) is 6.20 Å². The number of benzene rings is 2. The van der Waals surface area contributed by atoms with Crippen LogP contribution in [0.15, 0.2) is 60.8 Å². The van der Waals surface area contributed by atoms with Gasteiger partial charge in [-0.05, 0) is 70.0 Å². The molecule has 0 unspecified atom stereocenters. The van der Waals surface area contributed by atoms with Crippen molar-refractivity contribution in [2.75, 3.05) is 41.7 Å². The highest BCUT2D eigenvalue weighted by Gasteiger charge is 2.29. The topological polar surface area (TPSA) is 113 Å². The number of pyridine rings is 1. The molecular formula is C33H38ClN5O5. The number of aromatic nitrogens is 1. The predicted molar refractivity (Wildman–Crippen MR) is 171 cm³/mol. The fourth-order valence-corrected chi connectivity index (χ4v) is 5.36. The number of hydrogen-bond acceptors (Lipinski definition) is 7. The maximum atomic E-state index is 13.7. The average Bonchev–Trinajstić information content (AvgIpc) is 3.53. The zero-order valence-corrected chi connectivity index (χ0v) is 26.0.